The highest BCUT2D eigenvalue weighted by atomic mass is 19.4. The number of piperazine rings is 1. The maximum atomic E-state index is 14.3. The first-order valence-corrected chi connectivity index (χ1v) is 10.1. The van der Waals surface area contributed by atoms with Crippen LogP contribution in [0.1, 0.15) is 5.56 Å². The Kier molecular flexibility index (Phi) is 6.18. The smallest absolute Gasteiger partial charge is 0.422 e. The van der Waals surface area contributed by atoms with Gasteiger partial charge in [-0.3, -0.25) is 9.69 Å². The molecule has 0 spiro atoms. The zero-order valence-corrected chi connectivity index (χ0v) is 17.0. The lowest BCUT2D eigenvalue weighted by Crippen LogP contribution is -2.43. The Bertz CT molecular complexity index is 1050. The fraction of sp³-hybridized carbons (Fsp3) is 0.261. The van der Waals surface area contributed by atoms with Crippen LogP contribution in [0.5, 0.6) is 5.75 Å². The maximum Gasteiger partial charge on any atom is 0.422 e. The van der Waals surface area contributed by atoms with Gasteiger partial charge in [0.1, 0.15) is 0 Å². The summed E-state index contributed by atoms with van der Waals surface area (Å²) in [7, 11) is 0. The third-order valence-corrected chi connectivity index (χ3v) is 5.16. The van der Waals surface area contributed by atoms with Crippen LogP contribution in [0.25, 0.3) is 5.57 Å². The zero-order valence-electron chi connectivity index (χ0n) is 17.0. The summed E-state index contributed by atoms with van der Waals surface area (Å²) in [5.41, 5.74) is 2.40. The number of benzene rings is 1. The van der Waals surface area contributed by atoms with E-state index in [1.165, 1.54) is 17.0 Å². The molecule has 0 saturated carbocycles. The molecule has 32 heavy (non-hydrogen) atoms. The molecule has 1 aromatic rings. The summed E-state index contributed by atoms with van der Waals surface area (Å²) < 4.78 is 55.8. The number of hydrogen-bond acceptors (Lipinski definition) is 4. The molecule has 3 aliphatic rings. The van der Waals surface area contributed by atoms with Crippen molar-refractivity contribution >= 4 is 11.5 Å². The van der Waals surface area contributed by atoms with Gasteiger partial charge in [0, 0.05) is 44.2 Å². The predicted octanol–water partition coefficient (Wildman–Crippen LogP) is 3.75. The molecule has 0 aliphatic carbocycles. The molecule has 0 unspecified atom stereocenters. The Morgan fingerprint density at radius 2 is 1.81 bits per heavy atom. The van der Waals surface area contributed by atoms with Crippen LogP contribution in [-0.4, -0.2) is 54.7 Å². The van der Waals surface area contributed by atoms with Gasteiger partial charge in [0.05, 0.1) is 5.70 Å². The number of fused-ring (bicyclic) bond motifs is 1. The van der Waals surface area contributed by atoms with Crippen molar-refractivity contribution in [3.05, 3.63) is 83.6 Å². The van der Waals surface area contributed by atoms with E-state index in [0.29, 0.717) is 16.8 Å². The Morgan fingerprint density at radius 1 is 1.06 bits per heavy atom. The molecule has 3 heterocycles. The summed E-state index contributed by atoms with van der Waals surface area (Å²) in [4.78, 5) is 16.7. The summed E-state index contributed by atoms with van der Waals surface area (Å²) in [6.45, 7) is 1.81. The average Bonchev–Trinajstić information content (AvgIpc) is 2.76. The molecule has 9 heteroatoms. The van der Waals surface area contributed by atoms with Gasteiger partial charge < -0.3 is 15.0 Å². The first kappa shape index (κ1) is 21.9. The van der Waals surface area contributed by atoms with Gasteiger partial charge in [-0.05, 0) is 41.5 Å². The number of nitrogens with one attached hydrogen (secondary N) is 1. The lowest BCUT2D eigenvalue weighted by Gasteiger charge is -2.33. The highest BCUT2D eigenvalue weighted by Gasteiger charge is 2.29. The molecule has 0 aromatic heterocycles. The fourth-order valence-corrected chi connectivity index (χ4v) is 3.58. The van der Waals surface area contributed by atoms with Crippen molar-refractivity contribution in [3.63, 3.8) is 0 Å². The van der Waals surface area contributed by atoms with E-state index in [4.69, 9.17) is 0 Å². The van der Waals surface area contributed by atoms with Crippen LogP contribution in [0, 0.1) is 5.82 Å². The number of amides is 1. The molecular weight excluding hydrogens is 426 g/mol. The van der Waals surface area contributed by atoms with Gasteiger partial charge in [0.25, 0.3) is 5.91 Å². The second kappa shape index (κ2) is 9.04. The van der Waals surface area contributed by atoms with Crippen LogP contribution < -0.4 is 10.1 Å². The van der Waals surface area contributed by atoms with Crippen LogP contribution in [0.3, 0.4) is 0 Å². The number of allylic oxidation sites excluding steroid dienone is 6. The van der Waals surface area contributed by atoms with Gasteiger partial charge in [-0.1, -0.05) is 18.2 Å². The predicted molar refractivity (Wildman–Crippen MR) is 112 cm³/mol. The number of alkyl halides is 3. The largest absolute Gasteiger partial charge is 0.481 e. The minimum atomic E-state index is -4.56. The number of carbonyl (C=O) groups excluding carboxylic acids is 1. The molecular formula is C23H21F4N3O2. The molecule has 1 saturated heterocycles. The first-order valence-electron chi connectivity index (χ1n) is 10.1. The molecule has 4 rings (SSSR count). The van der Waals surface area contributed by atoms with Gasteiger partial charge in [-0.25, -0.2) is 4.39 Å². The second-order valence-corrected chi connectivity index (χ2v) is 7.43. The maximum absolute atomic E-state index is 14.3. The van der Waals surface area contributed by atoms with Crippen LogP contribution in [0.2, 0.25) is 0 Å². The Morgan fingerprint density at radius 3 is 2.53 bits per heavy atom. The summed E-state index contributed by atoms with van der Waals surface area (Å²) >= 11 is 0. The third-order valence-electron chi connectivity index (χ3n) is 5.16. The van der Waals surface area contributed by atoms with Gasteiger partial charge >= 0.3 is 6.18 Å². The molecule has 1 aromatic carbocycles. The molecule has 1 amide bonds. The Labute approximate surface area is 182 Å². The standard InChI is InChI=1S/C23H21F4N3O2/c24-20-12-17(4-7-21(20)32-15-23(25,26)27)16-2-1-3-18-5-6-19(14-30(18)22(31)13-16)29-10-8-28-9-11-29/h1-7,12-14,28H,8-11,15H2/b2-1+,16-13+,18-3+. The van der Waals surface area contributed by atoms with Gasteiger partial charge in [0.15, 0.2) is 18.2 Å². The molecule has 1 fully saturated rings. The lowest BCUT2D eigenvalue weighted by atomic mass is 10.0. The monoisotopic (exact) mass is 447 g/mol. The Balaban J connectivity index is 1.57. The van der Waals surface area contributed by atoms with E-state index < -0.39 is 24.3 Å². The molecule has 0 bridgehead atoms. The number of rotatable bonds is 4. The number of nitrogens with zero attached hydrogens (tertiary/aromatic N) is 2. The van der Waals surface area contributed by atoms with Crippen LogP contribution in [0.15, 0.2) is 72.2 Å². The summed E-state index contributed by atoms with van der Waals surface area (Å²) in [5, 5.41) is 3.29. The number of ether oxygens (including phenoxy) is 1. The zero-order chi connectivity index (χ0) is 22.7. The van der Waals surface area contributed by atoms with E-state index >= 15 is 0 Å². The Hall–Kier alpha value is -3.33. The topological polar surface area (TPSA) is 44.8 Å². The van der Waals surface area contributed by atoms with Crippen molar-refractivity contribution < 1.29 is 27.1 Å². The lowest BCUT2D eigenvalue weighted by molar-refractivity contribution is -0.153. The molecule has 0 radical (unpaired) electrons. The SMILES string of the molecule is O=C1\C=C(c2ccc(OCC(F)(F)F)c(F)c2)/C=C/C=C2\C=CC(N3CCNCC3)=CN12. The van der Waals surface area contributed by atoms with E-state index in [2.05, 4.69) is 15.0 Å². The fourth-order valence-electron chi connectivity index (χ4n) is 3.58. The van der Waals surface area contributed by atoms with E-state index in [1.54, 1.807) is 24.4 Å². The molecule has 3 aliphatic heterocycles. The second-order valence-electron chi connectivity index (χ2n) is 7.43. The van der Waals surface area contributed by atoms with E-state index in [1.807, 2.05) is 12.2 Å². The van der Waals surface area contributed by atoms with E-state index in [9.17, 15) is 22.4 Å². The van der Waals surface area contributed by atoms with Crippen molar-refractivity contribution in [2.45, 2.75) is 6.18 Å². The molecule has 168 valence electrons. The normalized spacial score (nSPS) is 23.2. The van der Waals surface area contributed by atoms with Gasteiger partial charge in [-0.15, -0.1) is 0 Å². The quantitative estimate of drug-likeness (QED) is 0.715. The summed E-state index contributed by atoms with van der Waals surface area (Å²) in [5.74, 6) is -1.75. The molecule has 1 N–H and O–H groups in total. The van der Waals surface area contributed by atoms with Crippen molar-refractivity contribution in [1.29, 1.82) is 0 Å². The third kappa shape index (κ3) is 5.11. The first-order chi connectivity index (χ1) is 15.3. The van der Waals surface area contributed by atoms with Crippen molar-refractivity contribution in [1.82, 2.24) is 15.1 Å². The van der Waals surface area contributed by atoms with E-state index in [-0.39, 0.29) is 5.91 Å². The molecule has 5 nitrogen and oxygen atoms in total. The van der Waals surface area contributed by atoms with Crippen LogP contribution in [0.4, 0.5) is 17.6 Å². The van der Waals surface area contributed by atoms with Gasteiger partial charge in [-0.2, -0.15) is 13.2 Å². The summed E-state index contributed by atoms with van der Waals surface area (Å²) in [6, 6.07) is 3.60. The highest BCUT2D eigenvalue weighted by molar-refractivity contribution is 5.99. The number of hydrogen-bond donors (Lipinski definition) is 1. The van der Waals surface area contributed by atoms with Crippen LogP contribution >= 0.6 is 0 Å². The van der Waals surface area contributed by atoms with Crippen molar-refractivity contribution in [2.75, 3.05) is 32.8 Å². The highest BCUT2D eigenvalue weighted by Crippen LogP contribution is 2.28. The summed E-state index contributed by atoms with van der Waals surface area (Å²) in [6.07, 6.45) is 7.58. The van der Waals surface area contributed by atoms with Crippen molar-refractivity contribution in [2.24, 2.45) is 0 Å². The average molecular weight is 447 g/mol. The number of halogens is 4. The van der Waals surface area contributed by atoms with E-state index in [0.717, 1.165) is 44.0 Å². The molecule has 0 atom stereocenters. The van der Waals surface area contributed by atoms with Gasteiger partial charge in [0.2, 0.25) is 0 Å². The number of carbonyl (C=O) groups is 1. The van der Waals surface area contributed by atoms with Crippen molar-refractivity contribution in [3.8, 4) is 5.75 Å². The minimum absolute atomic E-state index is 0.314. The minimum Gasteiger partial charge on any atom is -0.481 e. The van der Waals surface area contributed by atoms with Crippen LogP contribution in [-0.2, 0) is 4.79 Å².